The molecule has 208 valence electrons. The van der Waals surface area contributed by atoms with Gasteiger partial charge in [0.05, 0.1) is 26.0 Å². The van der Waals surface area contributed by atoms with Gasteiger partial charge in [-0.2, -0.15) is 0 Å². The van der Waals surface area contributed by atoms with Gasteiger partial charge in [0.2, 0.25) is 17.7 Å². The molecule has 0 spiro atoms. The van der Waals surface area contributed by atoms with Crippen molar-refractivity contribution in [2.75, 3.05) is 64.4 Å². The summed E-state index contributed by atoms with van der Waals surface area (Å²) in [6, 6.07) is 1.75. The number of pyridine rings is 1. The number of ether oxygens (including phenoxy) is 1. The van der Waals surface area contributed by atoms with E-state index in [0.29, 0.717) is 32.7 Å². The smallest absolute Gasteiger partial charge is 0.323 e. The van der Waals surface area contributed by atoms with Crippen LogP contribution in [0.3, 0.4) is 0 Å². The van der Waals surface area contributed by atoms with E-state index in [-0.39, 0.29) is 25.4 Å². The lowest BCUT2D eigenvalue weighted by Gasteiger charge is -2.41. The zero-order valence-corrected chi connectivity index (χ0v) is 21.9. The molecule has 3 heterocycles. The summed E-state index contributed by atoms with van der Waals surface area (Å²) in [6.45, 7) is 4.26. The topological polar surface area (TPSA) is 153 Å². The minimum Gasteiger partial charge on any atom is -0.480 e. The number of anilines is 1. The van der Waals surface area contributed by atoms with Crippen LogP contribution in [0.25, 0.3) is 0 Å². The Morgan fingerprint density at radius 1 is 1.11 bits per heavy atom. The number of carbonyl (C=O) groups excluding carboxylic acids is 4. The highest BCUT2D eigenvalue weighted by Gasteiger charge is 2.42. The van der Waals surface area contributed by atoms with Gasteiger partial charge in [0, 0.05) is 57.3 Å². The summed E-state index contributed by atoms with van der Waals surface area (Å²) in [6.07, 6.45) is 3.68. The van der Waals surface area contributed by atoms with Gasteiger partial charge in [-0.3, -0.25) is 29.0 Å². The second-order valence-electron chi connectivity index (χ2n) is 9.27. The first-order valence-corrected chi connectivity index (χ1v) is 12.8. The highest BCUT2D eigenvalue weighted by molar-refractivity contribution is 5.96. The van der Waals surface area contributed by atoms with Gasteiger partial charge in [-0.15, -0.1) is 0 Å². The minimum absolute atomic E-state index is 0.0138. The summed E-state index contributed by atoms with van der Waals surface area (Å²) in [4.78, 5) is 73.5. The Hall–Kier alpha value is -3.74. The molecule has 3 rings (SSSR count). The molecule has 1 aromatic heterocycles. The van der Waals surface area contributed by atoms with Gasteiger partial charge in [-0.25, -0.2) is 0 Å². The number of carboxylic acids is 1. The van der Waals surface area contributed by atoms with Crippen molar-refractivity contribution in [3.63, 3.8) is 0 Å². The highest BCUT2D eigenvalue weighted by atomic mass is 16.5. The van der Waals surface area contributed by atoms with E-state index in [4.69, 9.17) is 9.84 Å². The van der Waals surface area contributed by atoms with Gasteiger partial charge >= 0.3 is 11.9 Å². The van der Waals surface area contributed by atoms with Crippen LogP contribution >= 0.6 is 0 Å². The number of aromatic nitrogens is 1. The summed E-state index contributed by atoms with van der Waals surface area (Å²) in [5.74, 6) is -3.17. The first kappa shape index (κ1) is 28.8. The van der Waals surface area contributed by atoms with Gasteiger partial charge in [0.1, 0.15) is 12.6 Å². The van der Waals surface area contributed by atoms with E-state index < -0.39 is 48.8 Å². The molecular formula is C25H36N6O7. The number of carboxylic acid groups (broad SMARTS) is 1. The Labute approximate surface area is 221 Å². The third-order valence-corrected chi connectivity index (χ3v) is 6.76. The number of nitrogens with zero attached hydrogens (tertiary/aromatic N) is 5. The van der Waals surface area contributed by atoms with Crippen molar-refractivity contribution >= 4 is 35.3 Å². The summed E-state index contributed by atoms with van der Waals surface area (Å²) in [5.41, 5.74) is 1.04. The third-order valence-electron chi connectivity index (χ3n) is 6.76. The van der Waals surface area contributed by atoms with Gasteiger partial charge in [0.25, 0.3) is 0 Å². The maximum absolute atomic E-state index is 13.7. The number of nitrogens with one attached hydrogen (secondary N) is 1. The lowest BCUT2D eigenvalue weighted by molar-refractivity contribution is -0.160. The maximum atomic E-state index is 13.7. The fourth-order valence-corrected chi connectivity index (χ4v) is 4.70. The predicted molar refractivity (Wildman–Crippen MR) is 136 cm³/mol. The lowest BCUT2D eigenvalue weighted by Crippen LogP contribution is -2.63. The Morgan fingerprint density at radius 2 is 1.79 bits per heavy atom. The van der Waals surface area contributed by atoms with Crippen LogP contribution in [0.5, 0.6) is 0 Å². The van der Waals surface area contributed by atoms with Crippen LogP contribution in [0.2, 0.25) is 0 Å². The Bertz CT molecular complexity index is 999. The summed E-state index contributed by atoms with van der Waals surface area (Å²) < 4.78 is 4.71. The highest BCUT2D eigenvalue weighted by Crippen LogP contribution is 2.19. The average Bonchev–Trinajstić information content (AvgIpc) is 2.93. The first-order valence-electron chi connectivity index (χ1n) is 12.8. The standard InChI is InChI=1S/C25H36N6O7/c1-3-6-27-19(15-21(32)29-11-9-28(10-12-29)18-4-7-26-8-5-18)24(36)31-14-13-30(17-22(33)34)25(37)20(31)16-23(35)38-2/h4-5,7-8,19-20,27H,3,6,9-17H2,1-2H3,(H,33,34). The number of rotatable bonds is 11. The van der Waals surface area contributed by atoms with Crippen molar-refractivity contribution in [1.82, 2.24) is 25.0 Å². The molecule has 2 fully saturated rings. The summed E-state index contributed by atoms with van der Waals surface area (Å²) in [5, 5.41) is 12.3. The maximum Gasteiger partial charge on any atom is 0.323 e. The van der Waals surface area contributed by atoms with Crippen molar-refractivity contribution in [1.29, 1.82) is 0 Å². The van der Waals surface area contributed by atoms with E-state index in [2.05, 4.69) is 15.2 Å². The quantitative estimate of drug-likeness (QED) is 0.346. The fraction of sp³-hybridized carbons (Fsp3) is 0.600. The van der Waals surface area contributed by atoms with Crippen LogP contribution < -0.4 is 10.2 Å². The van der Waals surface area contributed by atoms with Crippen LogP contribution in [0.4, 0.5) is 5.69 Å². The Balaban J connectivity index is 1.69. The van der Waals surface area contributed by atoms with Crippen LogP contribution in [0, 0.1) is 0 Å². The molecule has 2 N–H and O–H groups in total. The Kier molecular flexibility index (Phi) is 10.4. The second-order valence-corrected chi connectivity index (χ2v) is 9.27. The zero-order chi connectivity index (χ0) is 27.7. The van der Waals surface area contributed by atoms with Crippen LogP contribution in [0.15, 0.2) is 24.5 Å². The number of hydrogen-bond acceptors (Lipinski definition) is 9. The lowest BCUT2D eigenvalue weighted by atomic mass is 10.0. The second kappa shape index (κ2) is 13.7. The molecule has 0 bridgehead atoms. The number of piperazine rings is 2. The van der Waals surface area contributed by atoms with E-state index >= 15 is 0 Å². The molecule has 1 aromatic rings. The molecular weight excluding hydrogens is 496 g/mol. The van der Waals surface area contributed by atoms with E-state index in [0.717, 1.165) is 17.0 Å². The molecule has 0 saturated carbocycles. The number of methoxy groups -OCH3 is 1. The van der Waals surface area contributed by atoms with E-state index in [9.17, 15) is 24.0 Å². The Morgan fingerprint density at radius 3 is 2.39 bits per heavy atom. The minimum atomic E-state index is -1.20. The molecule has 2 unspecified atom stereocenters. The number of aliphatic carboxylic acids is 1. The van der Waals surface area contributed by atoms with Gasteiger partial charge < -0.3 is 34.8 Å². The van der Waals surface area contributed by atoms with Gasteiger partial charge in [0.15, 0.2) is 0 Å². The molecule has 13 nitrogen and oxygen atoms in total. The van der Waals surface area contributed by atoms with Crippen LogP contribution in [-0.4, -0.2) is 126 Å². The van der Waals surface area contributed by atoms with E-state index in [1.54, 1.807) is 17.3 Å². The van der Waals surface area contributed by atoms with E-state index in [1.807, 2.05) is 19.1 Å². The average molecular weight is 533 g/mol. The van der Waals surface area contributed by atoms with Crippen molar-refractivity contribution in [3.05, 3.63) is 24.5 Å². The predicted octanol–water partition coefficient (Wildman–Crippen LogP) is -0.824. The van der Waals surface area contributed by atoms with Gasteiger partial charge in [-0.1, -0.05) is 6.92 Å². The van der Waals surface area contributed by atoms with Crippen molar-refractivity contribution in [2.24, 2.45) is 0 Å². The number of esters is 1. The van der Waals surface area contributed by atoms with Gasteiger partial charge in [-0.05, 0) is 25.1 Å². The molecule has 13 heteroatoms. The van der Waals surface area contributed by atoms with Crippen LogP contribution in [0.1, 0.15) is 26.2 Å². The number of carbonyl (C=O) groups is 5. The summed E-state index contributed by atoms with van der Waals surface area (Å²) in [7, 11) is 1.18. The number of amides is 3. The molecule has 0 radical (unpaired) electrons. The number of hydrogen-bond donors (Lipinski definition) is 2. The van der Waals surface area contributed by atoms with Crippen molar-refractivity contribution in [2.45, 2.75) is 38.3 Å². The summed E-state index contributed by atoms with van der Waals surface area (Å²) >= 11 is 0. The molecule has 38 heavy (non-hydrogen) atoms. The van der Waals surface area contributed by atoms with E-state index in [1.165, 1.54) is 12.0 Å². The molecule has 0 aromatic carbocycles. The fourth-order valence-electron chi connectivity index (χ4n) is 4.70. The molecule has 2 aliphatic rings. The molecule has 2 atom stereocenters. The molecule has 0 aliphatic carbocycles. The zero-order valence-electron chi connectivity index (χ0n) is 21.9. The van der Waals surface area contributed by atoms with Crippen molar-refractivity contribution < 1.29 is 33.8 Å². The third kappa shape index (κ3) is 7.40. The molecule has 2 saturated heterocycles. The molecule has 3 amide bonds. The van der Waals surface area contributed by atoms with Crippen LogP contribution in [-0.2, 0) is 28.7 Å². The largest absolute Gasteiger partial charge is 0.480 e. The first-order chi connectivity index (χ1) is 18.2. The monoisotopic (exact) mass is 532 g/mol. The normalized spacial score (nSPS) is 18.8. The SMILES string of the molecule is CCCNC(CC(=O)N1CCN(c2ccncc2)CC1)C(=O)N1CCN(CC(=O)O)C(=O)C1CC(=O)OC. The molecule has 2 aliphatic heterocycles. The van der Waals surface area contributed by atoms with Crippen molar-refractivity contribution in [3.8, 4) is 0 Å².